The second-order valence-corrected chi connectivity index (χ2v) is 7.94. The topological polar surface area (TPSA) is 55.5 Å². The molecule has 0 radical (unpaired) electrons. The van der Waals surface area contributed by atoms with E-state index >= 15 is 0 Å². The minimum absolute atomic E-state index is 0.0489. The lowest BCUT2D eigenvalue weighted by Gasteiger charge is -2.34. The van der Waals surface area contributed by atoms with Gasteiger partial charge in [-0.3, -0.25) is 0 Å². The maximum absolute atomic E-state index is 13.0. The molecule has 2 atom stereocenters. The summed E-state index contributed by atoms with van der Waals surface area (Å²) in [7, 11) is 2.16. The number of likely N-dealkylation sites (N-methyl/N-ethyl adjacent to an activating group) is 1. The first-order chi connectivity index (χ1) is 14.0. The molecule has 1 saturated heterocycles. The van der Waals surface area contributed by atoms with Gasteiger partial charge in [0.15, 0.2) is 0 Å². The molecule has 0 aliphatic carbocycles. The maximum atomic E-state index is 13.0. The van der Waals surface area contributed by atoms with Crippen LogP contribution in [0.15, 0.2) is 35.4 Å². The Morgan fingerprint density at radius 2 is 1.72 bits per heavy atom. The minimum atomic E-state index is -0.116. The zero-order valence-electron chi connectivity index (χ0n) is 18.3. The first-order valence-electron chi connectivity index (χ1n) is 10.9. The molecule has 160 valence electrons. The summed E-state index contributed by atoms with van der Waals surface area (Å²) >= 11 is 0. The van der Waals surface area contributed by atoms with Crippen molar-refractivity contribution in [2.24, 2.45) is 0 Å². The van der Waals surface area contributed by atoms with Crippen LogP contribution < -0.4 is 10.6 Å². The Morgan fingerprint density at radius 3 is 2.34 bits per heavy atom. The smallest absolute Gasteiger partial charge is 0.350 e. The van der Waals surface area contributed by atoms with E-state index in [4.69, 9.17) is 4.74 Å². The standard InChI is InChI=1S/C22H35N5O2/c1-5-7-16-29-18(3)21(6-2)27-22(28)26(17-23-27)20-10-8-19(9-11-20)25-14-12-24(4)13-15-25/h8-11,17-18,21H,5-7,12-16H2,1-4H3/t18-,21?/m0/s1. The van der Waals surface area contributed by atoms with E-state index in [1.807, 2.05) is 19.1 Å². The quantitative estimate of drug-likeness (QED) is 0.605. The van der Waals surface area contributed by atoms with Gasteiger partial charge in [-0.2, -0.15) is 5.10 Å². The van der Waals surface area contributed by atoms with Gasteiger partial charge in [-0.15, -0.1) is 0 Å². The van der Waals surface area contributed by atoms with E-state index in [1.165, 1.54) is 5.69 Å². The molecule has 1 aliphatic rings. The van der Waals surface area contributed by atoms with Crippen LogP contribution in [0.5, 0.6) is 0 Å². The number of aromatic nitrogens is 3. The van der Waals surface area contributed by atoms with Crippen molar-refractivity contribution in [2.45, 2.75) is 52.2 Å². The molecular formula is C22H35N5O2. The van der Waals surface area contributed by atoms with Gasteiger partial charge >= 0.3 is 5.69 Å². The van der Waals surface area contributed by atoms with Crippen LogP contribution in [0.3, 0.4) is 0 Å². The third kappa shape index (κ3) is 5.08. The molecule has 7 nitrogen and oxygen atoms in total. The molecule has 0 amide bonds. The van der Waals surface area contributed by atoms with Crippen molar-refractivity contribution in [1.82, 2.24) is 19.2 Å². The fourth-order valence-corrected chi connectivity index (χ4v) is 3.84. The maximum Gasteiger partial charge on any atom is 0.350 e. The number of anilines is 1. The number of nitrogens with zero attached hydrogens (tertiary/aromatic N) is 5. The van der Waals surface area contributed by atoms with E-state index in [-0.39, 0.29) is 17.8 Å². The zero-order valence-corrected chi connectivity index (χ0v) is 18.3. The third-order valence-corrected chi connectivity index (χ3v) is 5.84. The summed E-state index contributed by atoms with van der Waals surface area (Å²) in [5.41, 5.74) is 1.93. The van der Waals surface area contributed by atoms with Gasteiger partial charge < -0.3 is 14.5 Å². The number of ether oxygens (including phenoxy) is 1. The summed E-state index contributed by atoms with van der Waals surface area (Å²) in [6.45, 7) is 11.2. The highest BCUT2D eigenvalue weighted by Crippen LogP contribution is 2.20. The SMILES string of the molecule is CCCCO[C@@H](C)C(CC)n1ncn(-c2ccc(N3CCN(C)CC3)cc2)c1=O. The molecule has 0 N–H and O–H groups in total. The molecule has 2 aromatic rings. The largest absolute Gasteiger partial charge is 0.376 e. The summed E-state index contributed by atoms with van der Waals surface area (Å²) in [5, 5.41) is 4.40. The highest BCUT2D eigenvalue weighted by Gasteiger charge is 2.22. The number of benzene rings is 1. The summed E-state index contributed by atoms with van der Waals surface area (Å²) in [6.07, 6.45) is 4.50. The van der Waals surface area contributed by atoms with E-state index in [1.54, 1.807) is 15.6 Å². The first kappa shape index (κ1) is 21.6. The fraction of sp³-hybridized carbons (Fsp3) is 0.636. The van der Waals surface area contributed by atoms with Gasteiger partial charge in [0.1, 0.15) is 6.33 Å². The molecular weight excluding hydrogens is 366 g/mol. The van der Waals surface area contributed by atoms with Gasteiger partial charge in [-0.1, -0.05) is 20.3 Å². The molecule has 0 spiro atoms. The Labute approximate surface area is 173 Å². The molecule has 7 heteroatoms. The van der Waals surface area contributed by atoms with Crippen LogP contribution in [0.1, 0.15) is 46.1 Å². The van der Waals surface area contributed by atoms with Crippen molar-refractivity contribution in [3.05, 3.63) is 41.1 Å². The van der Waals surface area contributed by atoms with Crippen LogP contribution in [0.25, 0.3) is 5.69 Å². The Kier molecular flexibility index (Phi) is 7.50. The van der Waals surface area contributed by atoms with Crippen molar-refractivity contribution in [3.8, 4) is 5.69 Å². The molecule has 0 saturated carbocycles. The van der Waals surface area contributed by atoms with Gasteiger partial charge in [-0.25, -0.2) is 14.0 Å². The lowest BCUT2D eigenvalue weighted by molar-refractivity contribution is 0.0215. The van der Waals surface area contributed by atoms with Crippen LogP contribution >= 0.6 is 0 Å². The summed E-state index contributed by atoms with van der Waals surface area (Å²) in [5.74, 6) is 0. The Morgan fingerprint density at radius 1 is 1.07 bits per heavy atom. The van der Waals surface area contributed by atoms with Crippen LogP contribution in [-0.4, -0.2) is 65.2 Å². The van der Waals surface area contributed by atoms with E-state index < -0.39 is 0 Å². The number of unbranched alkanes of at least 4 members (excludes halogenated alkanes) is 1. The fourth-order valence-electron chi connectivity index (χ4n) is 3.84. The van der Waals surface area contributed by atoms with Crippen molar-refractivity contribution < 1.29 is 4.74 Å². The molecule has 1 aliphatic heterocycles. The third-order valence-electron chi connectivity index (χ3n) is 5.84. The molecule has 1 aromatic heterocycles. The highest BCUT2D eigenvalue weighted by atomic mass is 16.5. The number of rotatable bonds is 9. The van der Waals surface area contributed by atoms with Crippen LogP contribution in [0.2, 0.25) is 0 Å². The molecule has 3 rings (SSSR count). The summed E-state index contributed by atoms with van der Waals surface area (Å²) in [4.78, 5) is 17.7. The average Bonchev–Trinajstić information content (AvgIpc) is 3.11. The highest BCUT2D eigenvalue weighted by molar-refractivity contribution is 5.51. The Hall–Kier alpha value is -2.12. The molecule has 0 bridgehead atoms. The predicted octanol–water partition coefficient (Wildman–Crippen LogP) is 2.94. The second-order valence-electron chi connectivity index (χ2n) is 7.94. The summed E-state index contributed by atoms with van der Waals surface area (Å²) < 4.78 is 9.13. The van der Waals surface area contributed by atoms with E-state index in [0.29, 0.717) is 0 Å². The van der Waals surface area contributed by atoms with E-state index in [9.17, 15) is 4.79 Å². The Balaban J connectivity index is 1.73. The van der Waals surface area contributed by atoms with E-state index in [0.717, 1.165) is 57.7 Å². The Bertz CT molecular complexity index is 805. The number of hydrogen-bond donors (Lipinski definition) is 0. The van der Waals surface area contributed by atoms with Crippen LogP contribution in [-0.2, 0) is 4.74 Å². The first-order valence-corrected chi connectivity index (χ1v) is 10.9. The normalized spacial score (nSPS) is 17.4. The van der Waals surface area contributed by atoms with Gasteiger partial charge in [-0.05, 0) is 51.1 Å². The van der Waals surface area contributed by atoms with Crippen molar-refractivity contribution in [3.63, 3.8) is 0 Å². The zero-order chi connectivity index (χ0) is 20.8. The van der Waals surface area contributed by atoms with Crippen molar-refractivity contribution >= 4 is 5.69 Å². The molecule has 1 aromatic carbocycles. The number of piperazine rings is 1. The van der Waals surface area contributed by atoms with E-state index in [2.05, 4.69) is 47.9 Å². The van der Waals surface area contributed by atoms with Gasteiger partial charge in [0, 0.05) is 38.5 Å². The minimum Gasteiger partial charge on any atom is -0.376 e. The molecule has 1 unspecified atom stereocenters. The van der Waals surface area contributed by atoms with Crippen LogP contribution in [0.4, 0.5) is 5.69 Å². The molecule has 2 heterocycles. The monoisotopic (exact) mass is 401 g/mol. The van der Waals surface area contributed by atoms with Gasteiger partial charge in [0.05, 0.1) is 17.8 Å². The second kappa shape index (κ2) is 10.1. The van der Waals surface area contributed by atoms with Gasteiger partial charge in [0.2, 0.25) is 0 Å². The molecule has 29 heavy (non-hydrogen) atoms. The van der Waals surface area contributed by atoms with Gasteiger partial charge in [0.25, 0.3) is 0 Å². The number of hydrogen-bond acceptors (Lipinski definition) is 5. The predicted molar refractivity (Wildman–Crippen MR) is 117 cm³/mol. The molecule has 1 fully saturated rings. The lowest BCUT2D eigenvalue weighted by atomic mass is 10.1. The lowest BCUT2D eigenvalue weighted by Crippen LogP contribution is -2.44. The average molecular weight is 402 g/mol. The van der Waals surface area contributed by atoms with Crippen molar-refractivity contribution in [1.29, 1.82) is 0 Å². The van der Waals surface area contributed by atoms with Crippen LogP contribution in [0, 0.1) is 0 Å². The van der Waals surface area contributed by atoms with Crippen molar-refractivity contribution in [2.75, 3.05) is 44.7 Å². The summed E-state index contributed by atoms with van der Waals surface area (Å²) in [6, 6.07) is 8.13.